The molecule has 0 bridgehead atoms. The lowest BCUT2D eigenvalue weighted by Gasteiger charge is -2.47. The van der Waals surface area contributed by atoms with Crippen molar-refractivity contribution >= 4 is 12.2 Å². The van der Waals surface area contributed by atoms with E-state index in [2.05, 4.69) is 12.1 Å². The van der Waals surface area contributed by atoms with Crippen molar-refractivity contribution in [3.63, 3.8) is 0 Å². The van der Waals surface area contributed by atoms with E-state index < -0.39 is 11.2 Å². The zero-order valence-electron chi connectivity index (χ0n) is 19.6. The van der Waals surface area contributed by atoms with Crippen LogP contribution in [0.1, 0.15) is 47.1 Å². The number of hydrogen-bond acceptors (Lipinski definition) is 4. The van der Waals surface area contributed by atoms with Gasteiger partial charge in [0.2, 0.25) is 0 Å². The number of piperazine rings is 1. The third-order valence-corrected chi connectivity index (χ3v) is 5.60. The molecule has 1 aromatic carbocycles. The number of nitrogens with zero attached hydrogens (tertiary/aromatic N) is 3. The Bertz CT molecular complexity index is 775. The zero-order chi connectivity index (χ0) is 22.2. The van der Waals surface area contributed by atoms with Gasteiger partial charge in [0.05, 0.1) is 32.7 Å². The first-order valence-corrected chi connectivity index (χ1v) is 10.8. The van der Waals surface area contributed by atoms with E-state index in [-0.39, 0.29) is 35.3 Å². The Labute approximate surface area is 196 Å². The molecule has 174 valence electrons. The Morgan fingerprint density at radius 1 is 0.935 bits per heavy atom. The second-order valence-electron chi connectivity index (χ2n) is 10.4. The lowest BCUT2D eigenvalue weighted by Crippen LogP contribution is -3.00. The molecule has 2 aliphatic rings. The maximum Gasteiger partial charge on any atom is 0.415 e. The van der Waals surface area contributed by atoms with E-state index in [1.165, 1.54) is 5.56 Å². The molecule has 0 radical (unpaired) electrons. The van der Waals surface area contributed by atoms with Crippen molar-refractivity contribution in [2.24, 2.45) is 0 Å². The second kappa shape index (κ2) is 9.36. The number of quaternary nitrogens is 1. The number of fused-ring (bicyclic) bond motifs is 1. The molecule has 7 nitrogen and oxygen atoms in total. The van der Waals surface area contributed by atoms with Crippen LogP contribution >= 0.6 is 0 Å². The smallest absolute Gasteiger partial charge is 0.415 e. The minimum absolute atomic E-state index is 0. The predicted molar refractivity (Wildman–Crippen MR) is 115 cm³/mol. The molecule has 2 atom stereocenters. The maximum atomic E-state index is 13.0. The molecule has 2 heterocycles. The fourth-order valence-corrected chi connectivity index (χ4v) is 4.28. The molecule has 31 heavy (non-hydrogen) atoms. The zero-order valence-corrected chi connectivity index (χ0v) is 21.1. The first-order valence-electron chi connectivity index (χ1n) is 10.8. The van der Waals surface area contributed by atoms with E-state index in [1.807, 2.05) is 64.6 Å². The monoisotopic (exact) mass is 497 g/mol. The Morgan fingerprint density at radius 2 is 1.48 bits per heavy atom. The van der Waals surface area contributed by atoms with Crippen LogP contribution in [0.2, 0.25) is 0 Å². The SMILES string of the molecule is CC(C)(C)OC(=O)N1CC[N+]2(Cc3ccccc3)CCN(C(=O)OC(C)(C)C)C2C1.[Br-]. The van der Waals surface area contributed by atoms with Crippen LogP contribution in [0.4, 0.5) is 9.59 Å². The van der Waals surface area contributed by atoms with Gasteiger partial charge in [-0.25, -0.2) is 9.59 Å². The third kappa shape index (κ3) is 6.35. The van der Waals surface area contributed by atoms with Crippen LogP contribution in [0.3, 0.4) is 0 Å². The quantitative estimate of drug-likeness (QED) is 0.568. The summed E-state index contributed by atoms with van der Waals surface area (Å²) >= 11 is 0. The first kappa shape index (κ1) is 25.5. The number of benzene rings is 1. The summed E-state index contributed by atoms with van der Waals surface area (Å²) in [6.07, 6.45) is -0.788. The third-order valence-electron chi connectivity index (χ3n) is 5.60. The second-order valence-corrected chi connectivity index (χ2v) is 10.4. The van der Waals surface area contributed by atoms with Crippen molar-refractivity contribution in [1.29, 1.82) is 0 Å². The molecule has 0 spiro atoms. The Balaban J connectivity index is 0.00000341. The summed E-state index contributed by atoms with van der Waals surface area (Å²) in [5, 5.41) is 0. The van der Waals surface area contributed by atoms with Crippen LogP contribution in [0.15, 0.2) is 30.3 Å². The van der Waals surface area contributed by atoms with Crippen molar-refractivity contribution in [2.75, 3.05) is 32.7 Å². The van der Waals surface area contributed by atoms with Gasteiger partial charge >= 0.3 is 12.2 Å². The molecule has 0 saturated carbocycles. The number of hydrogen-bond donors (Lipinski definition) is 0. The normalized spacial score (nSPS) is 23.6. The van der Waals surface area contributed by atoms with E-state index in [9.17, 15) is 9.59 Å². The van der Waals surface area contributed by atoms with Crippen molar-refractivity contribution in [2.45, 2.75) is 65.5 Å². The number of amides is 2. The summed E-state index contributed by atoms with van der Waals surface area (Å²) < 4.78 is 12.0. The van der Waals surface area contributed by atoms with Crippen LogP contribution in [-0.4, -0.2) is 76.6 Å². The lowest BCUT2D eigenvalue weighted by atomic mass is 10.1. The predicted octanol–water partition coefficient (Wildman–Crippen LogP) is 0.835. The van der Waals surface area contributed by atoms with Crippen molar-refractivity contribution in [3.8, 4) is 0 Å². The van der Waals surface area contributed by atoms with Gasteiger partial charge in [-0.2, -0.15) is 0 Å². The summed E-state index contributed by atoms with van der Waals surface area (Å²) in [4.78, 5) is 29.3. The van der Waals surface area contributed by atoms with E-state index in [4.69, 9.17) is 9.47 Å². The molecule has 0 aromatic heterocycles. The molecule has 0 N–H and O–H groups in total. The molecule has 2 amide bonds. The molecule has 2 unspecified atom stereocenters. The maximum absolute atomic E-state index is 13.0. The number of carbonyl (C=O) groups excluding carboxylic acids is 2. The fraction of sp³-hybridized carbons (Fsp3) is 0.652. The van der Waals surface area contributed by atoms with E-state index in [1.54, 1.807) is 4.90 Å². The topological polar surface area (TPSA) is 59.1 Å². The summed E-state index contributed by atoms with van der Waals surface area (Å²) in [7, 11) is 0. The lowest BCUT2D eigenvalue weighted by molar-refractivity contribution is -0.960. The van der Waals surface area contributed by atoms with Gasteiger partial charge in [0.15, 0.2) is 6.17 Å². The highest BCUT2D eigenvalue weighted by Crippen LogP contribution is 2.33. The molecule has 2 aliphatic heterocycles. The van der Waals surface area contributed by atoms with Gasteiger partial charge < -0.3 is 26.5 Å². The molecule has 3 rings (SSSR count). The minimum atomic E-state index is -0.561. The fourth-order valence-electron chi connectivity index (χ4n) is 4.28. The molecule has 1 aromatic rings. The van der Waals surface area contributed by atoms with Crippen LogP contribution in [0.25, 0.3) is 0 Å². The Kier molecular flexibility index (Phi) is 7.69. The van der Waals surface area contributed by atoms with Gasteiger partial charge in [-0.15, -0.1) is 0 Å². The Morgan fingerprint density at radius 3 is 2.06 bits per heavy atom. The highest BCUT2D eigenvalue weighted by molar-refractivity contribution is 5.70. The first-order chi connectivity index (χ1) is 13.9. The Hall–Kier alpha value is -1.80. The van der Waals surface area contributed by atoms with E-state index >= 15 is 0 Å². The number of carbonyl (C=O) groups is 2. The molecule has 8 heteroatoms. The van der Waals surface area contributed by atoms with Crippen LogP contribution in [0.5, 0.6) is 0 Å². The minimum Gasteiger partial charge on any atom is -1.00 e. The largest absolute Gasteiger partial charge is 1.00 e. The summed E-state index contributed by atoms with van der Waals surface area (Å²) in [5.41, 5.74) is 0.124. The summed E-state index contributed by atoms with van der Waals surface area (Å²) in [5.74, 6) is 0. The highest BCUT2D eigenvalue weighted by Gasteiger charge is 2.53. The highest BCUT2D eigenvalue weighted by atomic mass is 79.9. The summed E-state index contributed by atoms with van der Waals surface area (Å²) in [6, 6.07) is 10.3. The van der Waals surface area contributed by atoms with Gasteiger partial charge in [0, 0.05) is 5.56 Å². The van der Waals surface area contributed by atoms with Crippen molar-refractivity contribution in [3.05, 3.63) is 35.9 Å². The number of halogens is 1. The molecular formula is C23H36BrN3O4. The van der Waals surface area contributed by atoms with Gasteiger partial charge in [0.25, 0.3) is 0 Å². The van der Waals surface area contributed by atoms with Crippen molar-refractivity contribution in [1.82, 2.24) is 9.80 Å². The van der Waals surface area contributed by atoms with Gasteiger partial charge in [-0.05, 0) is 41.5 Å². The van der Waals surface area contributed by atoms with E-state index in [0.29, 0.717) is 19.6 Å². The van der Waals surface area contributed by atoms with Crippen LogP contribution < -0.4 is 17.0 Å². The average molecular weight is 498 g/mol. The molecule has 0 aliphatic carbocycles. The summed E-state index contributed by atoms with van der Waals surface area (Å²) in [6.45, 7) is 15.4. The standard InChI is InChI=1S/C23H36N3O4.BrH/c1-22(2,3)29-20(27)24-12-14-26(17-18-10-8-7-9-11-18)15-13-25(19(26)16-24)21(28)30-23(4,5)6;/h7-11,19H,12-17H2,1-6H3;1H/q+1;/p-1. The van der Waals surface area contributed by atoms with Crippen LogP contribution in [0, 0.1) is 0 Å². The van der Waals surface area contributed by atoms with Gasteiger partial charge in [-0.1, -0.05) is 30.3 Å². The van der Waals surface area contributed by atoms with Gasteiger partial charge in [-0.3, -0.25) is 14.3 Å². The molecular weight excluding hydrogens is 462 g/mol. The molecule has 2 saturated heterocycles. The average Bonchev–Trinajstić information content (AvgIpc) is 2.98. The number of ether oxygens (including phenoxy) is 2. The van der Waals surface area contributed by atoms with Crippen LogP contribution in [-0.2, 0) is 16.0 Å². The van der Waals surface area contributed by atoms with E-state index in [0.717, 1.165) is 24.1 Å². The number of rotatable bonds is 2. The molecule has 2 fully saturated rings. The van der Waals surface area contributed by atoms with Gasteiger partial charge in [0.1, 0.15) is 17.7 Å². The van der Waals surface area contributed by atoms with Crippen molar-refractivity contribution < 1.29 is 40.5 Å².